The summed E-state index contributed by atoms with van der Waals surface area (Å²) in [6, 6.07) is 14.9. The molecule has 0 bridgehead atoms. The number of nitrogens with zero attached hydrogens (tertiary/aromatic N) is 2. The number of aromatic nitrogens is 1. The first-order chi connectivity index (χ1) is 12.8. The number of benzene rings is 2. The fourth-order valence-electron chi connectivity index (χ4n) is 3.74. The third-order valence-electron chi connectivity index (χ3n) is 5.04. The van der Waals surface area contributed by atoms with Crippen LogP contribution in [0.4, 0.5) is 0 Å². The Kier molecular flexibility index (Phi) is 5.42. The average Bonchev–Trinajstić information content (AvgIpc) is 3.09. The fraction of sp³-hybridized carbons (Fsp3) is 0.364. The summed E-state index contributed by atoms with van der Waals surface area (Å²) in [5.41, 5.74) is 1.32. The highest BCUT2D eigenvalue weighted by molar-refractivity contribution is 7.11. The van der Waals surface area contributed by atoms with E-state index in [9.17, 15) is 4.79 Å². The third kappa shape index (κ3) is 4.19. The van der Waals surface area contributed by atoms with Crippen LogP contribution in [0, 0.1) is 0 Å². The van der Waals surface area contributed by atoms with Crippen molar-refractivity contribution in [2.24, 2.45) is 0 Å². The molecule has 1 saturated heterocycles. The van der Waals surface area contributed by atoms with Gasteiger partial charge in [0.25, 0.3) is 0 Å². The quantitative estimate of drug-likeness (QED) is 0.646. The minimum absolute atomic E-state index is 0.290. The van der Waals surface area contributed by atoms with Crippen LogP contribution in [0.15, 0.2) is 48.7 Å². The molecule has 0 spiro atoms. The smallest absolute Gasteiger partial charge is 0.153 e. The van der Waals surface area contributed by atoms with Crippen LogP contribution in [0.5, 0.6) is 0 Å². The molecule has 0 N–H and O–H groups in total. The molecule has 2 heterocycles. The molecule has 134 valence electrons. The predicted octanol–water partition coefficient (Wildman–Crippen LogP) is 4.48. The molecule has 1 fully saturated rings. The molecule has 2 aromatic carbocycles. The van der Waals surface area contributed by atoms with Crippen LogP contribution in [0.2, 0.25) is 0 Å². The van der Waals surface area contributed by atoms with E-state index in [1.54, 1.807) is 11.3 Å². The number of Topliss-reactive ketones (excluding diaryl/α,β-unsaturated/α-hetero) is 1. The third-order valence-corrected chi connectivity index (χ3v) is 6.04. The summed E-state index contributed by atoms with van der Waals surface area (Å²) in [5.74, 6) is 0.290. The zero-order valence-corrected chi connectivity index (χ0v) is 15.8. The van der Waals surface area contributed by atoms with E-state index in [1.165, 1.54) is 40.5 Å². The zero-order valence-electron chi connectivity index (χ0n) is 15.0. The Balaban J connectivity index is 1.40. The number of hydrogen-bond acceptors (Lipinski definition) is 4. The van der Waals surface area contributed by atoms with Gasteiger partial charge in [0.2, 0.25) is 0 Å². The Bertz CT molecular complexity index is 891. The minimum Gasteiger partial charge on any atom is -0.298 e. The Morgan fingerprint density at radius 1 is 1.04 bits per heavy atom. The van der Waals surface area contributed by atoms with Crippen molar-refractivity contribution in [2.45, 2.75) is 32.1 Å². The Labute approximate surface area is 158 Å². The highest BCUT2D eigenvalue weighted by Crippen LogP contribution is 2.24. The van der Waals surface area contributed by atoms with Crippen molar-refractivity contribution in [1.82, 2.24) is 9.88 Å². The van der Waals surface area contributed by atoms with E-state index >= 15 is 0 Å². The number of fused-ring (bicyclic) bond motifs is 1. The number of rotatable bonds is 6. The van der Waals surface area contributed by atoms with Gasteiger partial charge in [-0.1, -0.05) is 48.9 Å². The van der Waals surface area contributed by atoms with Crippen molar-refractivity contribution in [3.63, 3.8) is 0 Å². The van der Waals surface area contributed by atoms with E-state index in [-0.39, 0.29) is 5.78 Å². The van der Waals surface area contributed by atoms with Crippen LogP contribution in [0.25, 0.3) is 10.8 Å². The van der Waals surface area contributed by atoms with E-state index in [0.29, 0.717) is 13.0 Å². The molecule has 0 amide bonds. The lowest BCUT2D eigenvalue weighted by Gasteiger charge is -2.25. The summed E-state index contributed by atoms with van der Waals surface area (Å²) in [7, 11) is 0. The van der Waals surface area contributed by atoms with Gasteiger partial charge >= 0.3 is 0 Å². The molecular weight excluding hydrogens is 340 g/mol. The van der Waals surface area contributed by atoms with Gasteiger partial charge in [0.15, 0.2) is 5.78 Å². The SMILES string of the molecule is O=C(Cc1ncc(Cc2cccc3ccccc23)s1)CN1CCCCC1. The molecule has 3 nitrogen and oxygen atoms in total. The van der Waals surface area contributed by atoms with Crippen LogP contribution in [0.1, 0.15) is 34.7 Å². The molecule has 0 saturated carbocycles. The zero-order chi connectivity index (χ0) is 17.8. The van der Waals surface area contributed by atoms with E-state index in [4.69, 9.17) is 0 Å². The number of carbonyl (C=O) groups excluding carboxylic acids is 1. The van der Waals surface area contributed by atoms with Gasteiger partial charge in [-0.15, -0.1) is 11.3 Å². The fourth-order valence-corrected chi connectivity index (χ4v) is 4.71. The number of likely N-dealkylation sites (tertiary alicyclic amines) is 1. The molecule has 4 heteroatoms. The maximum Gasteiger partial charge on any atom is 0.153 e. The topological polar surface area (TPSA) is 33.2 Å². The second-order valence-corrected chi connectivity index (χ2v) is 8.29. The Morgan fingerprint density at radius 3 is 2.73 bits per heavy atom. The van der Waals surface area contributed by atoms with E-state index in [0.717, 1.165) is 24.5 Å². The maximum absolute atomic E-state index is 12.3. The number of ketones is 1. The van der Waals surface area contributed by atoms with Gasteiger partial charge < -0.3 is 0 Å². The second kappa shape index (κ2) is 8.11. The molecule has 0 aliphatic carbocycles. The van der Waals surface area contributed by atoms with E-state index < -0.39 is 0 Å². The molecule has 26 heavy (non-hydrogen) atoms. The maximum atomic E-state index is 12.3. The molecule has 0 atom stereocenters. The lowest BCUT2D eigenvalue weighted by molar-refractivity contribution is -0.119. The molecule has 0 radical (unpaired) electrons. The Hall–Kier alpha value is -2.04. The van der Waals surface area contributed by atoms with Gasteiger partial charge in [0, 0.05) is 17.5 Å². The standard InChI is InChI=1S/C22H24N2OS/c25-19(16-24-11-4-1-5-12-24)14-22-23-15-20(26-22)13-18-9-6-8-17-7-2-3-10-21(17)18/h2-3,6-10,15H,1,4-5,11-14,16H2. The van der Waals surface area contributed by atoms with Gasteiger partial charge in [0.05, 0.1) is 13.0 Å². The van der Waals surface area contributed by atoms with Crippen LogP contribution in [-0.2, 0) is 17.6 Å². The summed E-state index contributed by atoms with van der Waals surface area (Å²) in [6.45, 7) is 2.71. The number of carbonyl (C=O) groups is 1. The summed E-state index contributed by atoms with van der Waals surface area (Å²) in [4.78, 5) is 20.4. The Morgan fingerprint density at radius 2 is 1.85 bits per heavy atom. The monoisotopic (exact) mass is 364 g/mol. The normalized spacial score (nSPS) is 15.4. The van der Waals surface area contributed by atoms with E-state index in [2.05, 4.69) is 52.3 Å². The lowest BCUT2D eigenvalue weighted by atomic mass is 10.0. The predicted molar refractivity (Wildman–Crippen MR) is 108 cm³/mol. The first kappa shape index (κ1) is 17.4. The highest BCUT2D eigenvalue weighted by atomic mass is 32.1. The van der Waals surface area contributed by atoms with Crippen molar-refractivity contribution in [1.29, 1.82) is 0 Å². The van der Waals surface area contributed by atoms with Crippen LogP contribution in [-0.4, -0.2) is 35.3 Å². The lowest BCUT2D eigenvalue weighted by Crippen LogP contribution is -2.34. The van der Waals surface area contributed by atoms with Crippen molar-refractivity contribution < 1.29 is 4.79 Å². The average molecular weight is 365 g/mol. The number of hydrogen-bond donors (Lipinski definition) is 0. The summed E-state index contributed by atoms with van der Waals surface area (Å²) < 4.78 is 0. The second-order valence-electron chi connectivity index (χ2n) is 7.09. The largest absolute Gasteiger partial charge is 0.298 e. The summed E-state index contributed by atoms with van der Waals surface area (Å²) in [5, 5.41) is 3.51. The molecule has 1 aromatic heterocycles. The van der Waals surface area contributed by atoms with Crippen molar-refractivity contribution in [3.8, 4) is 0 Å². The molecule has 3 aromatic rings. The highest BCUT2D eigenvalue weighted by Gasteiger charge is 2.15. The molecule has 1 aliphatic rings. The first-order valence-electron chi connectivity index (χ1n) is 9.42. The van der Waals surface area contributed by atoms with Crippen molar-refractivity contribution in [2.75, 3.05) is 19.6 Å². The van der Waals surface area contributed by atoms with Crippen LogP contribution >= 0.6 is 11.3 Å². The molecular formula is C22H24N2OS. The molecule has 1 aliphatic heterocycles. The van der Waals surface area contributed by atoms with Gasteiger partial charge in [-0.2, -0.15) is 0 Å². The van der Waals surface area contributed by atoms with Gasteiger partial charge in [-0.05, 0) is 42.3 Å². The van der Waals surface area contributed by atoms with E-state index in [1.807, 2.05) is 6.20 Å². The van der Waals surface area contributed by atoms with Gasteiger partial charge in [-0.25, -0.2) is 4.98 Å². The van der Waals surface area contributed by atoms with Crippen LogP contribution in [0.3, 0.4) is 0 Å². The number of thiazole rings is 1. The van der Waals surface area contributed by atoms with Crippen molar-refractivity contribution >= 4 is 27.9 Å². The minimum atomic E-state index is 0.290. The summed E-state index contributed by atoms with van der Waals surface area (Å²) in [6.07, 6.45) is 7.03. The molecule has 0 unspecified atom stereocenters. The number of piperidine rings is 1. The first-order valence-corrected chi connectivity index (χ1v) is 10.2. The van der Waals surface area contributed by atoms with Gasteiger partial charge in [-0.3, -0.25) is 9.69 Å². The van der Waals surface area contributed by atoms with Gasteiger partial charge in [0.1, 0.15) is 5.01 Å². The molecule has 4 rings (SSSR count). The summed E-state index contributed by atoms with van der Waals surface area (Å²) >= 11 is 1.68. The van der Waals surface area contributed by atoms with Crippen LogP contribution < -0.4 is 0 Å². The van der Waals surface area contributed by atoms with Crippen molar-refractivity contribution in [3.05, 3.63) is 64.1 Å².